The molecule has 798 valence electrons. The van der Waals surface area contributed by atoms with Crippen molar-refractivity contribution in [2.45, 2.75) is 38.5 Å². The second-order valence-electron chi connectivity index (χ2n) is 30.7. The van der Waals surface area contributed by atoms with Crippen LogP contribution in [0.4, 0.5) is 17.1 Å². The molecule has 48 atom stereocenters. The van der Waals surface area contributed by atoms with E-state index in [-0.39, 0.29) is 234 Å². The van der Waals surface area contributed by atoms with Gasteiger partial charge in [0.15, 0.2) is 0 Å². The summed E-state index contributed by atoms with van der Waals surface area (Å²) in [6, 6.07) is 67.6. The highest BCUT2D eigenvalue weighted by atomic mass is 33.6. The lowest BCUT2D eigenvalue weighted by atomic mass is 9.82. The van der Waals surface area contributed by atoms with Crippen LogP contribution in [0.1, 0.15) is 49.9 Å². The fourth-order valence-electron chi connectivity index (χ4n) is 15.3. The van der Waals surface area contributed by atoms with Crippen LogP contribution in [0.5, 0.6) is 0 Å². The summed E-state index contributed by atoms with van der Waals surface area (Å²) in [6.07, 6.45) is 0. The van der Waals surface area contributed by atoms with Crippen molar-refractivity contribution in [3.8, 4) is 39.1 Å². The second-order valence-corrected chi connectivity index (χ2v) is 396. The number of benzene rings is 8. The van der Waals surface area contributed by atoms with Crippen molar-refractivity contribution in [2.24, 2.45) is 0 Å². The van der Waals surface area contributed by atoms with Gasteiger partial charge in [-0.3, -0.25) is 0 Å². The van der Waals surface area contributed by atoms with Gasteiger partial charge in [0.2, 0.25) is 0 Å². The first-order valence-corrected chi connectivity index (χ1v) is 200. The number of para-hydroxylation sites is 2. The van der Waals surface area contributed by atoms with E-state index in [0.717, 1.165) is 22.7 Å². The van der Waals surface area contributed by atoms with E-state index in [1.54, 1.807) is 0 Å². The van der Waals surface area contributed by atoms with E-state index in [2.05, 4.69) is 621 Å². The highest BCUT2D eigenvalue weighted by Gasteiger charge is 2.66. The Kier molecular flexibility index (Phi) is 82.7. The van der Waals surface area contributed by atoms with Crippen molar-refractivity contribution in [2.75, 3.05) is 4.90 Å². The molecular weight excluding hydrogens is 3400 g/mol. The predicted octanol–water partition coefficient (Wildman–Crippen LogP) is 66.2. The lowest BCUT2D eigenvalue weighted by Gasteiger charge is -2.63. The Hall–Kier alpha value is 31.2. The Morgan fingerprint density at radius 2 is 0.396 bits per heavy atom. The molecule has 0 N–H and O–H groups in total. The quantitative estimate of drug-likeness (QED) is 0.0345. The third-order valence-corrected chi connectivity index (χ3v) is 644. The van der Waals surface area contributed by atoms with Gasteiger partial charge in [0.05, 0.1) is 11.0 Å². The van der Waals surface area contributed by atoms with Crippen molar-refractivity contribution >= 4 is 741 Å². The van der Waals surface area contributed by atoms with Gasteiger partial charge < -0.3 is 9.47 Å². The largest absolute Gasteiger partial charge is 0.310 e. The molecule has 1 aromatic heterocycles. The third-order valence-electron chi connectivity index (χ3n) is 20.6. The SMILES string of the molecule is CC1(C)c2ccccc2-c2cc(N(c3cccc(-c4cccc(-n5c6ccccc6c6ccccc65)c4)c3)c3ccc4c(c3)-c3ccccc3C4(C)C)ccc21.PP(P)P(P)P(P(P)P)P(P(P(P(P)P)P(P)P)P(P(P)P)P(P)P)P(P(P(P(P(P)P)P(P)P)P(P(P)P)P(P)P)P(P(P(P)P)P(P)P)P(P(P)P)P(P)P)P(P(P(P(P)P)P(P)P)P(P(P)P)P(P)P)P(P(P(P)P)P(P)P)P(P(P)P)P(P)P. The molecule has 0 radical (unpaired) electrons. The molecule has 0 fully saturated rings. The van der Waals surface area contributed by atoms with E-state index >= 15 is 0 Å². The van der Waals surface area contributed by atoms with Gasteiger partial charge in [-0.15, -0.1) is 402 Å². The van der Waals surface area contributed by atoms with Crippen molar-refractivity contribution in [1.29, 1.82) is 0 Å². The monoisotopic (exact) mass is 3530 g/mol. The van der Waals surface area contributed by atoms with Gasteiger partial charge in [-0.2, -0.15) is 0 Å². The number of aromatic nitrogens is 1. The number of fused-ring (bicyclic) bond motifs is 9. The summed E-state index contributed by atoms with van der Waals surface area (Å²) in [5, 5.41) is 2.54. The van der Waals surface area contributed by atoms with Gasteiger partial charge in [-0.25, -0.2) is 0 Å². The zero-order valence-electron chi connectivity index (χ0n) is 77.4. The summed E-state index contributed by atoms with van der Waals surface area (Å²) >= 11 is 0. The van der Waals surface area contributed by atoms with Gasteiger partial charge in [0.25, 0.3) is 0 Å². The van der Waals surface area contributed by atoms with Crippen LogP contribution in [-0.4, -0.2) is 4.57 Å². The standard InChI is InChI=1S/C54H42N2.H90P88/c1-53(2)47-23-9-5-19-41(47)45-33-39(27-29-49(45)53)55(40-28-30-50-46(34-40)42-20-6-10-24-48(42)54(50,3)4)37-17-13-15-35(31-37)36-16-14-18-38(32-36)56-51-25-11-7-21-43(51)44-22-8-12-26-52(44)56;1-46(2)68(45)79(67(43)44)85(80(69(47(3)4)48(5)6)70(49(7)8)50(9)10)88(86(81(71(51(11)12)52(13)14)72(53(15)16)54(17)18)82(73(55(19)20)56(21)22)74(57(23)24)58(25)26)87(83(75(59(27)28)60(29)30)76(61(31)32)62(33)34)84(77(63(35)36)64(37)38)78(65(39)40)66(41)42/h5-34H,1-4H3;1-45H2. The maximum Gasteiger partial charge on any atom is 0.0541 e. The molecular formula is C54H132N2P88. The van der Waals surface area contributed by atoms with Crippen LogP contribution in [0.3, 0.4) is 0 Å². The molecule has 0 spiro atoms. The zero-order chi connectivity index (χ0) is 108. The lowest BCUT2D eigenvalue weighted by molar-refractivity contribution is 0.660. The molecule has 48 unspecified atom stereocenters. The maximum atomic E-state index is 3.94. The molecule has 0 amide bonds. The predicted molar refractivity (Wildman–Crippen MR) is 971 cm³/mol. The Labute approximate surface area is 1020 Å². The van der Waals surface area contributed by atoms with Crippen molar-refractivity contribution in [1.82, 2.24) is 4.57 Å². The molecule has 9 aromatic rings. The Balaban J connectivity index is 0.000000320. The van der Waals surface area contributed by atoms with Gasteiger partial charge in [-0.05, 0) is 417 Å². The number of hydrogen-bond donors (Lipinski definition) is 0. The van der Waals surface area contributed by atoms with Crippen molar-refractivity contribution < 1.29 is 0 Å². The molecule has 0 aliphatic heterocycles. The van der Waals surface area contributed by atoms with E-state index in [4.69, 9.17) is 0 Å². The summed E-state index contributed by atoms with van der Waals surface area (Å²) in [4.78, 5) is 2.46. The van der Waals surface area contributed by atoms with Gasteiger partial charge in [0, 0.05) is 44.4 Å². The number of anilines is 3. The first-order valence-electron chi connectivity index (χ1n) is 39.8. The molecule has 0 saturated carbocycles. The minimum Gasteiger partial charge on any atom is -0.310 e. The van der Waals surface area contributed by atoms with E-state index < -0.39 is 76.9 Å². The van der Waals surface area contributed by atoms with Crippen molar-refractivity contribution in [3.63, 3.8) is 0 Å². The van der Waals surface area contributed by atoms with Crippen LogP contribution in [-0.2, 0) is 10.8 Å². The van der Waals surface area contributed by atoms with Crippen LogP contribution < -0.4 is 4.90 Å². The Bertz CT molecular complexity index is 5080. The van der Waals surface area contributed by atoms with E-state index in [1.807, 2.05) is 0 Å². The Morgan fingerprint density at radius 1 is 0.181 bits per heavy atom. The summed E-state index contributed by atoms with van der Waals surface area (Å²) < 4.78 is 2.40. The molecule has 8 aromatic carbocycles. The fraction of sp³-hybridized carbons (Fsp3) is 0.111. The summed E-state index contributed by atoms with van der Waals surface area (Å²) in [5.41, 5.74) is 20.1. The zero-order valence-corrected chi connectivity index (χ0v) is 168. The highest BCUT2D eigenvalue weighted by molar-refractivity contribution is 9.59. The minimum absolute atomic E-state index is 0.0561. The topological polar surface area (TPSA) is 8.17 Å². The molecule has 144 heavy (non-hydrogen) atoms. The first kappa shape index (κ1) is 157. The van der Waals surface area contributed by atoms with Gasteiger partial charge in [-0.1, -0.05) is 149 Å². The van der Waals surface area contributed by atoms with E-state index in [9.17, 15) is 0 Å². The summed E-state index contributed by atoms with van der Waals surface area (Å²) in [5.74, 6) is 0. The van der Waals surface area contributed by atoms with Gasteiger partial charge in [0.1, 0.15) is 0 Å². The maximum absolute atomic E-state index is 3.94. The highest BCUT2D eigenvalue weighted by Crippen LogP contribution is 3.53. The van der Waals surface area contributed by atoms with Gasteiger partial charge >= 0.3 is 0 Å². The normalized spacial score (nSPS) is 15.1. The fourth-order valence-corrected chi connectivity index (χ4v) is 1310. The molecule has 0 saturated heterocycles. The van der Waals surface area contributed by atoms with Crippen LogP contribution in [0.15, 0.2) is 182 Å². The van der Waals surface area contributed by atoms with E-state index in [0.29, 0.717) is 0 Å². The molecule has 2 nitrogen and oxygen atoms in total. The number of nitrogens with zero attached hydrogens (tertiary/aromatic N) is 2. The van der Waals surface area contributed by atoms with Crippen LogP contribution >= 0.6 is 702 Å². The van der Waals surface area contributed by atoms with Crippen LogP contribution in [0, 0.1) is 0 Å². The molecule has 1 heterocycles. The molecule has 2 aliphatic rings. The minimum atomic E-state index is -0.546. The molecule has 2 aliphatic carbocycles. The summed E-state index contributed by atoms with van der Waals surface area (Å²) in [7, 11) is 168. The first-order chi connectivity index (χ1) is 67.3. The summed E-state index contributed by atoms with van der Waals surface area (Å²) in [6.45, 7) is -7.49. The number of hydrogen-bond acceptors (Lipinski definition) is 1. The number of rotatable bonds is 47. The van der Waals surface area contributed by atoms with Crippen LogP contribution in [0.25, 0.3) is 60.9 Å². The average molecular weight is 3540 g/mol. The smallest absolute Gasteiger partial charge is 0.0541 e. The average Bonchev–Trinajstić information content (AvgIpc) is 1.23. The second kappa shape index (κ2) is 76.0. The van der Waals surface area contributed by atoms with E-state index in [1.165, 1.54) is 77.4 Å². The molecule has 90 heteroatoms. The van der Waals surface area contributed by atoms with Crippen LogP contribution in [0.2, 0.25) is 0 Å². The molecule has 0 bridgehead atoms. The Morgan fingerprint density at radius 3 is 0.660 bits per heavy atom. The van der Waals surface area contributed by atoms with Crippen molar-refractivity contribution in [3.05, 3.63) is 204 Å². The molecule has 11 rings (SSSR count). The third kappa shape index (κ3) is 41.2. The lowest BCUT2D eigenvalue weighted by Crippen LogP contribution is -2.16.